The highest BCUT2D eigenvalue weighted by Crippen LogP contribution is 2.13. The van der Waals surface area contributed by atoms with E-state index in [2.05, 4.69) is 5.10 Å². The van der Waals surface area contributed by atoms with Crippen LogP contribution < -0.4 is 5.73 Å². The van der Waals surface area contributed by atoms with E-state index in [4.69, 9.17) is 5.73 Å². The molecule has 4 heteroatoms. The van der Waals surface area contributed by atoms with Crippen molar-refractivity contribution in [2.45, 2.75) is 20.3 Å². The Morgan fingerprint density at radius 2 is 1.94 bits per heavy atom. The number of rotatable bonds is 3. The van der Waals surface area contributed by atoms with Crippen LogP contribution in [-0.2, 0) is 11.2 Å². The lowest BCUT2D eigenvalue weighted by atomic mass is 10.1. The molecule has 0 fully saturated rings. The summed E-state index contributed by atoms with van der Waals surface area (Å²) in [5.74, 6) is -0.316. The lowest BCUT2D eigenvalue weighted by Gasteiger charge is -2.05. The van der Waals surface area contributed by atoms with Gasteiger partial charge in [0.15, 0.2) is 0 Å². The van der Waals surface area contributed by atoms with Crippen molar-refractivity contribution < 1.29 is 4.79 Å². The number of aromatic nitrogens is 2. The van der Waals surface area contributed by atoms with Crippen LogP contribution in [0.15, 0.2) is 30.3 Å². The highest BCUT2D eigenvalue weighted by atomic mass is 16.1. The molecule has 0 atom stereocenters. The monoisotopic (exact) mass is 229 g/mol. The topological polar surface area (TPSA) is 60.9 Å². The maximum absolute atomic E-state index is 10.8. The van der Waals surface area contributed by atoms with Crippen LogP contribution in [0.2, 0.25) is 0 Å². The van der Waals surface area contributed by atoms with Crippen molar-refractivity contribution in [3.8, 4) is 5.69 Å². The molecule has 2 aromatic rings. The quantitative estimate of drug-likeness (QED) is 0.867. The number of benzene rings is 1. The number of carbonyl (C=O) groups excluding carboxylic acids is 1. The highest BCUT2D eigenvalue weighted by molar-refractivity contribution is 5.76. The summed E-state index contributed by atoms with van der Waals surface area (Å²) in [4.78, 5) is 10.8. The number of nitrogens with two attached hydrogens (primary N) is 1. The van der Waals surface area contributed by atoms with Crippen LogP contribution in [-0.4, -0.2) is 15.7 Å². The van der Waals surface area contributed by atoms with Crippen LogP contribution in [0.25, 0.3) is 5.69 Å². The molecule has 4 nitrogen and oxygen atoms in total. The predicted octanol–water partition coefficient (Wildman–Crippen LogP) is 1.52. The molecule has 88 valence electrons. The normalized spacial score (nSPS) is 10.5. The van der Waals surface area contributed by atoms with Crippen LogP contribution in [0.5, 0.6) is 0 Å². The van der Waals surface area contributed by atoms with Gasteiger partial charge in [-0.05, 0) is 37.6 Å². The third kappa shape index (κ3) is 2.53. The molecule has 0 bridgehead atoms. The van der Waals surface area contributed by atoms with E-state index in [9.17, 15) is 4.79 Å². The Morgan fingerprint density at radius 1 is 1.29 bits per heavy atom. The van der Waals surface area contributed by atoms with E-state index < -0.39 is 0 Å². The van der Waals surface area contributed by atoms with E-state index in [1.54, 1.807) is 0 Å². The molecule has 2 N–H and O–H groups in total. The van der Waals surface area contributed by atoms with Crippen molar-refractivity contribution in [2.24, 2.45) is 5.73 Å². The van der Waals surface area contributed by atoms with E-state index >= 15 is 0 Å². The molecule has 0 aliphatic carbocycles. The molecule has 1 amide bonds. The second-order valence-corrected chi connectivity index (χ2v) is 4.15. The Kier molecular flexibility index (Phi) is 2.95. The van der Waals surface area contributed by atoms with Crippen molar-refractivity contribution >= 4 is 5.91 Å². The van der Waals surface area contributed by atoms with Crippen molar-refractivity contribution in [3.05, 3.63) is 47.3 Å². The Bertz CT molecular complexity index is 540. The number of carbonyl (C=O) groups is 1. The minimum Gasteiger partial charge on any atom is -0.369 e. The smallest absolute Gasteiger partial charge is 0.221 e. The minimum absolute atomic E-state index is 0.275. The van der Waals surface area contributed by atoms with Gasteiger partial charge < -0.3 is 5.73 Å². The zero-order valence-electron chi connectivity index (χ0n) is 9.97. The van der Waals surface area contributed by atoms with Crippen molar-refractivity contribution in [3.63, 3.8) is 0 Å². The summed E-state index contributed by atoms with van der Waals surface area (Å²) in [5.41, 5.74) is 9.13. The summed E-state index contributed by atoms with van der Waals surface area (Å²) in [6, 6.07) is 9.71. The first-order chi connectivity index (χ1) is 8.06. The van der Waals surface area contributed by atoms with E-state index in [0.29, 0.717) is 0 Å². The molecule has 2 rings (SSSR count). The Balaban J connectivity index is 2.29. The maximum atomic E-state index is 10.8. The molecule has 0 spiro atoms. The van der Waals surface area contributed by atoms with E-state index in [0.717, 1.165) is 22.6 Å². The first kappa shape index (κ1) is 11.4. The zero-order chi connectivity index (χ0) is 12.4. The molecule has 0 radical (unpaired) electrons. The molecule has 0 aliphatic rings. The van der Waals surface area contributed by atoms with E-state index in [1.807, 2.05) is 48.9 Å². The third-order valence-electron chi connectivity index (χ3n) is 2.57. The van der Waals surface area contributed by atoms with Gasteiger partial charge in [-0.1, -0.05) is 12.1 Å². The predicted molar refractivity (Wildman–Crippen MR) is 65.9 cm³/mol. The molecule has 17 heavy (non-hydrogen) atoms. The van der Waals surface area contributed by atoms with E-state index in [1.165, 1.54) is 0 Å². The molecule has 1 aromatic heterocycles. The van der Waals surface area contributed by atoms with Crippen LogP contribution in [0.3, 0.4) is 0 Å². The molecule has 1 aromatic carbocycles. The van der Waals surface area contributed by atoms with Crippen molar-refractivity contribution in [1.82, 2.24) is 9.78 Å². The summed E-state index contributed by atoms with van der Waals surface area (Å²) >= 11 is 0. The van der Waals surface area contributed by atoms with Gasteiger partial charge in [0.05, 0.1) is 17.8 Å². The zero-order valence-corrected chi connectivity index (χ0v) is 9.97. The Labute approximate surface area is 100 Å². The van der Waals surface area contributed by atoms with Gasteiger partial charge in [-0.3, -0.25) is 4.79 Å². The molecular weight excluding hydrogens is 214 g/mol. The number of nitrogens with zero attached hydrogens (tertiary/aromatic N) is 2. The second kappa shape index (κ2) is 4.41. The standard InChI is InChI=1S/C13H15N3O/c1-9-7-10(2)16(15-9)12-5-3-11(4-6-12)8-13(14)17/h3-7H,8H2,1-2H3,(H2,14,17). The molecule has 0 saturated heterocycles. The number of hydrogen-bond donors (Lipinski definition) is 1. The van der Waals surface area contributed by atoms with E-state index in [-0.39, 0.29) is 12.3 Å². The molecular formula is C13H15N3O. The SMILES string of the molecule is Cc1cc(C)n(-c2ccc(CC(N)=O)cc2)n1. The first-order valence-corrected chi connectivity index (χ1v) is 5.47. The summed E-state index contributed by atoms with van der Waals surface area (Å²) in [6.07, 6.45) is 0.275. The minimum atomic E-state index is -0.316. The number of primary amides is 1. The molecule has 1 heterocycles. The number of hydrogen-bond acceptors (Lipinski definition) is 2. The number of aryl methyl sites for hydroxylation is 2. The van der Waals surface area contributed by atoms with Crippen LogP contribution in [0.4, 0.5) is 0 Å². The fourth-order valence-corrected chi connectivity index (χ4v) is 1.85. The number of amides is 1. The van der Waals surface area contributed by atoms with Crippen LogP contribution in [0.1, 0.15) is 17.0 Å². The van der Waals surface area contributed by atoms with Gasteiger partial charge in [-0.25, -0.2) is 4.68 Å². The largest absolute Gasteiger partial charge is 0.369 e. The third-order valence-corrected chi connectivity index (χ3v) is 2.57. The first-order valence-electron chi connectivity index (χ1n) is 5.47. The van der Waals surface area contributed by atoms with Crippen molar-refractivity contribution in [1.29, 1.82) is 0 Å². The van der Waals surface area contributed by atoms with Gasteiger partial charge in [0.25, 0.3) is 0 Å². The average molecular weight is 229 g/mol. The fraction of sp³-hybridized carbons (Fsp3) is 0.231. The molecule has 0 unspecified atom stereocenters. The Hall–Kier alpha value is -2.10. The van der Waals surface area contributed by atoms with Gasteiger partial charge in [-0.15, -0.1) is 0 Å². The summed E-state index contributed by atoms with van der Waals surface area (Å²) in [5, 5.41) is 4.40. The van der Waals surface area contributed by atoms with Gasteiger partial charge >= 0.3 is 0 Å². The fourth-order valence-electron chi connectivity index (χ4n) is 1.85. The lowest BCUT2D eigenvalue weighted by molar-refractivity contribution is -0.117. The highest BCUT2D eigenvalue weighted by Gasteiger charge is 2.04. The average Bonchev–Trinajstić information content (AvgIpc) is 2.58. The maximum Gasteiger partial charge on any atom is 0.221 e. The van der Waals surface area contributed by atoms with Crippen LogP contribution in [0, 0.1) is 13.8 Å². The summed E-state index contributed by atoms with van der Waals surface area (Å²) in [7, 11) is 0. The summed E-state index contributed by atoms with van der Waals surface area (Å²) < 4.78 is 1.88. The van der Waals surface area contributed by atoms with Gasteiger partial charge in [0.1, 0.15) is 0 Å². The molecule has 0 saturated carbocycles. The second-order valence-electron chi connectivity index (χ2n) is 4.15. The Morgan fingerprint density at radius 3 is 2.41 bits per heavy atom. The molecule has 0 aliphatic heterocycles. The lowest BCUT2D eigenvalue weighted by Crippen LogP contribution is -2.13. The van der Waals surface area contributed by atoms with Gasteiger partial charge in [0.2, 0.25) is 5.91 Å². The van der Waals surface area contributed by atoms with Crippen molar-refractivity contribution in [2.75, 3.05) is 0 Å². The summed E-state index contributed by atoms with van der Waals surface area (Å²) in [6.45, 7) is 3.97. The van der Waals surface area contributed by atoms with Crippen LogP contribution >= 0.6 is 0 Å². The van der Waals surface area contributed by atoms with Gasteiger partial charge in [0, 0.05) is 5.69 Å². The van der Waals surface area contributed by atoms with Gasteiger partial charge in [-0.2, -0.15) is 5.10 Å².